The van der Waals surface area contributed by atoms with Crippen molar-refractivity contribution in [2.45, 2.75) is 19.5 Å². The van der Waals surface area contributed by atoms with Gasteiger partial charge in [-0.15, -0.1) is 24.0 Å². The summed E-state index contributed by atoms with van der Waals surface area (Å²) in [5.74, 6) is 0.412. The van der Waals surface area contributed by atoms with Crippen LogP contribution in [-0.2, 0) is 6.54 Å². The molecule has 0 saturated heterocycles. The molecule has 8 heteroatoms. The summed E-state index contributed by atoms with van der Waals surface area (Å²) in [5, 5.41) is 6.42. The normalized spacial score (nSPS) is 12.3. The fourth-order valence-electron chi connectivity index (χ4n) is 2.79. The van der Waals surface area contributed by atoms with E-state index in [1.165, 1.54) is 6.07 Å². The lowest BCUT2D eigenvalue weighted by Crippen LogP contribution is -2.41. The van der Waals surface area contributed by atoms with E-state index in [1.54, 1.807) is 7.11 Å². The maximum absolute atomic E-state index is 13.8. The first kappa shape index (κ1) is 25.1. The number of rotatable bonds is 8. The third-order valence-corrected chi connectivity index (χ3v) is 4.35. The molecule has 0 radical (unpaired) electrons. The molecular weight excluding hydrogens is 489 g/mol. The number of methoxy groups -OCH3 is 1. The van der Waals surface area contributed by atoms with E-state index in [4.69, 9.17) is 4.74 Å². The topological polar surface area (TPSA) is 48.9 Å². The SMILES string of the molecule is CCNC(=NCc1cc(F)ccc1F)NCC(c1ccc(OC)cc1)N(C)C.I. The Morgan fingerprint density at radius 3 is 2.38 bits per heavy atom. The largest absolute Gasteiger partial charge is 0.497 e. The Morgan fingerprint density at radius 1 is 1.10 bits per heavy atom. The molecule has 0 aliphatic carbocycles. The minimum Gasteiger partial charge on any atom is -0.497 e. The highest BCUT2D eigenvalue weighted by atomic mass is 127. The first-order valence-electron chi connectivity index (χ1n) is 9.21. The van der Waals surface area contributed by atoms with Crippen LogP contribution in [0.1, 0.15) is 24.1 Å². The number of halogens is 3. The van der Waals surface area contributed by atoms with Crippen LogP contribution in [0, 0.1) is 11.6 Å². The van der Waals surface area contributed by atoms with Crippen molar-refractivity contribution < 1.29 is 13.5 Å². The van der Waals surface area contributed by atoms with Gasteiger partial charge < -0.3 is 20.3 Å². The van der Waals surface area contributed by atoms with Crippen LogP contribution in [0.25, 0.3) is 0 Å². The van der Waals surface area contributed by atoms with Crippen LogP contribution in [-0.4, -0.2) is 45.2 Å². The Labute approximate surface area is 188 Å². The lowest BCUT2D eigenvalue weighted by atomic mass is 10.1. The number of guanidine groups is 1. The smallest absolute Gasteiger partial charge is 0.191 e. The van der Waals surface area contributed by atoms with Crippen molar-refractivity contribution in [3.8, 4) is 5.75 Å². The first-order chi connectivity index (χ1) is 13.4. The number of likely N-dealkylation sites (N-methyl/N-ethyl adjacent to an activating group) is 1. The summed E-state index contributed by atoms with van der Waals surface area (Å²) in [6.45, 7) is 3.25. The summed E-state index contributed by atoms with van der Waals surface area (Å²) in [7, 11) is 5.64. The van der Waals surface area contributed by atoms with Gasteiger partial charge in [-0.3, -0.25) is 0 Å². The summed E-state index contributed by atoms with van der Waals surface area (Å²) in [6.07, 6.45) is 0. The molecule has 1 unspecified atom stereocenters. The fraction of sp³-hybridized carbons (Fsp3) is 0.381. The number of nitrogens with one attached hydrogen (secondary N) is 2. The van der Waals surface area contributed by atoms with Crippen LogP contribution in [0.4, 0.5) is 8.78 Å². The molecule has 0 aliphatic rings. The van der Waals surface area contributed by atoms with E-state index >= 15 is 0 Å². The Bertz CT molecular complexity index is 785. The third kappa shape index (κ3) is 7.77. The average Bonchev–Trinajstić information content (AvgIpc) is 2.68. The van der Waals surface area contributed by atoms with E-state index in [9.17, 15) is 8.78 Å². The molecule has 0 amide bonds. The van der Waals surface area contributed by atoms with Gasteiger partial charge in [-0.25, -0.2) is 13.8 Å². The van der Waals surface area contributed by atoms with Gasteiger partial charge in [0.2, 0.25) is 0 Å². The minimum atomic E-state index is -0.475. The van der Waals surface area contributed by atoms with Gasteiger partial charge in [0, 0.05) is 18.7 Å². The van der Waals surface area contributed by atoms with E-state index < -0.39 is 11.6 Å². The van der Waals surface area contributed by atoms with E-state index in [2.05, 4.69) is 20.5 Å². The van der Waals surface area contributed by atoms with Gasteiger partial charge in [0.25, 0.3) is 0 Å². The molecule has 0 aromatic heterocycles. The van der Waals surface area contributed by atoms with Crippen molar-refractivity contribution in [1.29, 1.82) is 0 Å². The molecule has 0 saturated carbocycles. The van der Waals surface area contributed by atoms with Gasteiger partial charge in [0.05, 0.1) is 19.7 Å². The molecule has 160 valence electrons. The standard InChI is InChI=1S/C21H28F2N4O.HI/c1-5-24-21(25-13-16-12-17(22)8-11-19(16)23)26-14-20(27(2)3)15-6-9-18(28-4)10-7-15;/h6-12,20H,5,13-14H2,1-4H3,(H2,24,25,26);1H. The summed E-state index contributed by atoms with van der Waals surface area (Å²) in [5.41, 5.74) is 1.35. The maximum atomic E-state index is 13.8. The second-order valence-electron chi connectivity index (χ2n) is 6.56. The predicted molar refractivity (Wildman–Crippen MR) is 124 cm³/mol. The van der Waals surface area contributed by atoms with Crippen molar-refractivity contribution in [3.05, 3.63) is 65.2 Å². The van der Waals surface area contributed by atoms with Gasteiger partial charge in [-0.1, -0.05) is 12.1 Å². The highest BCUT2D eigenvalue weighted by Gasteiger charge is 2.15. The molecule has 0 fully saturated rings. The van der Waals surface area contributed by atoms with E-state index in [1.807, 2.05) is 45.3 Å². The number of hydrogen-bond donors (Lipinski definition) is 2. The van der Waals surface area contributed by atoms with Gasteiger partial charge >= 0.3 is 0 Å². The second-order valence-corrected chi connectivity index (χ2v) is 6.56. The summed E-state index contributed by atoms with van der Waals surface area (Å²) in [4.78, 5) is 6.49. The van der Waals surface area contributed by atoms with Crippen molar-refractivity contribution in [2.24, 2.45) is 4.99 Å². The zero-order valence-electron chi connectivity index (χ0n) is 17.2. The van der Waals surface area contributed by atoms with Crippen molar-refractivity contribution in [3.63, 3.8) is 0 Å². The molecule has 5 nitrogen and oxygen atoms in total. The van der Waals surface area contributed by atoms with Crippen LogP contribution >= 0.6 is 24.0 Å². The quantitative estimate of drug-likeness (QED) is 0.316. The lowest BCUT2D eigenvalue weighted by molar-refractivity contribution is 0.298. The molecule has 0 spiro atoms. The Hall–Kier alpha value is -1.94. The van der Waals surface area contributed by atoms with Crippen LogP contribution < -0.4 is 15.4 Å². The van der Waals surface area contributed by atoms with Crippen LogP contribution in [0.3, 0.4) is 0 Å². The number of ether oxygens (including phenoxy) is 1. The molecule has 2 rings (SSSR count). The van der Waals surface area contributed by atoms with E-state index in [0.717, 1.165) is 23.4 Å². The highest BCUT2D eigenvalue weighted by molar-refractivity contribution is 14.0. The van der Waals surface area contributed by atoms with Crippen molar-refractivity contribution in [2.75, 3.05) is 34.3 Å². The van der Waals surface area contributed by atoms with Crippen molar-refractivity contribution >= 4 is 29.9 Å². The average molecular weight is 518 g/mol. The van der Waals surface area contributed by atoms with Gasteiger partial charge in [-0.2, -0.15) is 0 Å². The fourth-order valence-corrected chi connectivity index (χ4v) is 2.79. The lowest BCUT2D eigenvalue weighted by Gasteiger charge is -2.26. The number of benzene rings is 2. The highest BCUT2D eigenvalue weighted by Crippen LogP contribution is 2.20. The van der Waals surface area contributed by atoms with Gasteiger partial charge in [0.1, 0.15) is 17.4 Å². The summed E-state index contributed by atoms with van der Waals surface area (Å²) in [6, 6.07) is 11.4. The maximum Gasteiger partial charge on any atom is 0.191 e. The molecule has 2 aromatic carbocycles. The Balaban J connectivity index is 0.00000420. The molecule has 0 bridgehead atoms. The zero-order chi connectivity index (χ0) is 20.5. The molecule has 29 heavy (non-hydrogen) atoms. The molecule has 0 heterocycles. The molecule has 1 atom stereocenters. The van der Waals surface area contributed by atoms with E-state index in [-0.39, 0.29) is 42.1 Å². The molecule has 0 aliphatic heterocycles. The molecule has 2 aromatic rings. The third-order valence-electron chi connectivity index (χ3n) is 4.35. The Kier molecular flexibility index (Phi) is 10.9. The van der Waals surface area contributed by atoms with Crippen LogP contribution in [0.2, 0.25) is 0 Å². The predicted octanol–water partition coefficient (Wildman–Crippen LogP) is 3.95. The minimum absolute atomic E-state index is 0. The molecular formula is C21H29F2IN4O. The summed E-state index contributed by atoms with van der Waals surface area (Å²) < 4.78 is 32.4. The first-order valence-corrected chi connectivity index (χ1v) is 9.21. The molecule has 2 N–H and O–H groups in total. The number of nitrogens with zero attached hydrogens (tertiary/aromatic N) is 2. The van der Waals surface area contributed by atoms with Crippen LogP contribution in [0.15, 0.2) is 47.5 Å². The second kappa shape index (κ2) is 12.6. The zero-order valence-corrected chi connectivity index (χ0v) is 19.5. The number of aliphatic imine (C=N–C) groups is 1. The van der Waals surface area contributed by atoms with Gasteiger partial charge in [-0.05, 0) is 56.9 Å². The summed E-state index contributed by atoms with van der Waals surface area (Å²) >= 11 is 0. The van der Waals surface area contributed by atoms with Gasteiger partial charge in [0.15, 0.2) is 5.96 Å². The van der Waals surface area contributed by atoms with Crippen LogP contribution in [0.5, 0.6) is 5.75 Å². The van der Waals surface area contributed by atoms with Crippen molar-refractivity contribution in [1.82, 2.24) is 15.5 Å². The number of hydrogen-bond acceptors (Lipinski definition) is 3. The monoisotopic (exact) mass is 518 g/mol. The Morgan fingerprint density at radius 2 is 1.79 bits per heavy atom. The van der Waals surface area contributed by atoms with E-state index in [0.29, 0.717) is 19.0 Å².